The molecule has 0 fully saturated rings. The van der Waals surface area contributed by atoms with Crippen molar-refractivity contribution < 1.29 is 14.6 Å². The number of hydrogen-bond donors (Lipinski definition) is 3. The van der Waals surface area contributed by atoms with Gasteiger partial charge in [0.05, 0.1) is 12.1 Å². The van der Waals surface area contributed by atoms with Crippen LogP contribution in [-0.2, 0) is 12.0 Å². The maximum atomic E-state index is 12.5. The van der Waals surface area contributed by atoms with E-state index in [9.17, 15) is 9.90 Å². The minimum atomic E-state index is -0.738. The summed E-state index contributed by atoms with van der Waals surface area (Å²) in [5.41, 5.74) is 2.03. The van der Waals surface area contributed by atoms with Crippen molar-refractivity contribution in [3.05, 3.63) is 72.3 Å². The average Bonchev–Trinajstić information content (AvgIpc) is 2.99. The molecule has 0 saturated carbocycles. The van der Waals surface area contributed by atoms with Crippen LogP contribution >= 0.6 is 0 Å². The zero-order chi connectivity index (χ0) is 17.7. The molecule has 1 aliphatic rings. The topological polar surface area (TPSA) is 70.6 Å². The molecule has 25 heavy (non-hydrogen) atoms. The molecule has 0 heterocycles. The lowest BCUT2D eigenvalue weighted by Crippen LogP contribution is -2.48. The molecule has 1 unspecified atom stereocenters. The first-order valence-corrected chi connectivity index (χ1v) is 8.29. The number of aliphatic hydroxyl groups excluding tert-OH is 1. The highest BCUT2D eigenvalue weighted by molar-refractivity contribution is 5.90. The quantitative estimate of drug-likeness (QED) is 0.708. The Morgan fingerprint density at radius 2 is 2.12 bits per heavy atom. The second-order valence-electron chi connectivity index (χ2n) is 6.10. The SMILES string of the molecule is C=CCOc1cccc(NC(=O)NC2(CO)CCc3ccccc32)c1. The number of anilines is 1. The van der Waals surface area contributed by atoms with Crippen LogP contribution in [0.1, 0.15) is 17.5 Å². The first-order chi connectivity index (χ1) is 12.2. The number of aryl methyl sites for hydroxylation is 1. The lowest BCUT2D eigenvalue weighted by Gasteiger charge is -2.29. The minimum Gasteiger partial charge on any atom is -0.489 e. The molecule has 2 aromatic rings. The van der Waals surface area contributed by atoms with Crippen molar-refractivity contribution >= 4 is 11.7 Å². The molecule has 2 aromatic carbocycles. The number of amides is 2. The van der Waals surface area contributed by atoms with Gasteiger partial charge in [-0.25, -0.2) is 4.79 Å². The zero-order valence-electron chi connectivity index (χ0n) is 14.0. The number of nitrogens with one attached hydrogen (secondary N) is 2. The molecule has 1 aliphatic carbocycles. The van der Waals surface area contributed by atoms with Crippen LogP contribution in [0.5, 0.6) is 5.75 Å². The summed E-state index contributed by atoms with van der Waals surface area (Å²) in [6.07, 6.45) is 3.18. The maximum Gasteiger partial charge on any atom is 0.320 e. The summed E-state index contributed by atoms with van der Waals surface area (Å²) < 4.78 is 5.47. The molecule has 0 aliphatic heterocycles. The third kappa shape index (κ3) is 3.67. The van der Waals surface area contributed by atoms with Crippen LogP contribution in [0.3, 0.4) is 0 Å². The Labute approximate surface area is 147 Å². The number of carbonyl (C=O) groups is 1. The van der Waals surface area contributed by atoms with E-state index in [1.807, 2.05) is 30.3 Å². The molecule has 130 valence electrons. The number of carbonyl (C=O) groups excluding carboxylic acids is 1. The minimum absolute atomic E-state index is 0.139. The van der Waals surface area contributed by atoms with Gasteiger partial charge in [-0.15, -0.1) is 0 Å². The van der Waals surface area contributed by atoms with Gasteiger partial charge in [0.15, 0.2) is 0 Å². The number of benzene rings is 2. The van der Waals surface area contributed by atoms with Crippen molar-refractivity contribution in [3.8, 4) is 5.75 Å². The summed E-state index contributed by atoms with van der Waals surface area (Å²) in [6, 6.07) is 14.7. The van der Waals surface area contributed by atoms with Crippen LogP contribution in [0.4, 0.5) is 10.5 Å². The molecule has 0 aromatic heterocycles. The summed E-state index contributed by atoms with van der Waals surface area (Å²) in [5.74, 6) is 0.654. The van der Waals surface area contributed by atoms with Crippen molar-refractivity contribution in [1.82, 2.24) is 5.32 Å². The third-order valence-electron chi connectivity index (χ3n) is 4.44. The molecule has 0 bridgehead atoms. The van der Waals surface area contributed by atoms with Gasteiger partial charge in [0.2, 0.25) is 0 Å². The van der Waals surface area contributed by atoms with Gasteiger partial charge in [-0.3, -0.25) is 0 Å². The Kier molecular flexibility index (Phi) is 5.05. The largest absolute Gasteiger partial charge is 0.489 e. The molecule has 3 N–H and O–H groups in total. The molecule has 3 rings (SSSR count). The molecule has 1 atom stereocenters. The van der Waals surface area contributed by atoms with E-state index in [0.29, 0.717) is 24.5 Å². The summed E-state index contributed by atoms with van der Waals surface area (Å²) in [7, 11) is 0. The van der Waals surface area contributed by atoms with Gasteiger partial charge in [0, 0.05) is 11.8 Å². The fraction of sp³-hybridized carbons (Fsp3) is 0.250. The molecule has 5 heteroatoms. The molecular weight excluding hydrogens is 316 g/mol. The highest BCUT2D eigenvalue weighted by Gasteiger charge is 2.39. The normalized spacial score (nSPS) is 18.3. The maximum absolute atomic E-state index is 12.5. The van der Waals surface area contributed by atoms with Crippen molar-refractivity contribution in [1.29, 1.82) is 0 Å². The third-order valence-corrected chi connectivity index (χ3v) is 4.44. The Morgan fingerprint density at radius 1 is 1.28 bits per heavy atom. The Morgan fingerprint density at radius 3 is 2.92 bits per heavy atom. The Hall–Kier alpha value is -2.79. The fourth-order valence-corrected chi connectivity index (χ4v) is 3.22. The fourth-order valence-electron chi connectivity index (χ4n) is 3.22. The monoisotopic (exact) mass is 338 g/mol. The second-order valence-corrected chi connectivity index (χ2v) is 6.10. The van der Waals surface area contributed by atoms with E-state index in [1.165, 1.54) is 0 Å². The summed E-state index contributed by atoms with van der Waals surface area (Å²) in [5, 5.41) is 15.7. The van der Waals surface area contributed by atoms with E-state index in [1.54, 1.807) is 24.3 Å². The van der Waals surface area contributed by atoms with E-state index in [2.05, 4.69) is 17.2 Å². The first kappa shape index (κ1) is 17.0. The van der Waals surface area contributed by atoms with E-state index >= 15 is 0 Å². The summed E-state index contributed by atoms with van der Waals surface area (Å²) in [4.78, 5) is 12.5. The number of aliphatic hydroxyl groups is 1. The van der Waals surface area contributed by atoms with E-state index < -0.39 is 5.54 Å². The number of hydrogen-bond acceptors (Lipinski definition) is 3. The summed E-state index contributed by atoms with van der Waals surface area (Å²) in [6.45, 7) is 3.87. The van der Waals surface area contributed by atoms with Gasteiger partial charge >= 0.3 is 6.03 Å². The van der Waals surface area contributed by atoms with Crippen LogP contribution in [-0.4, -0.2) is 24.4 Å². The van der Waals surface area contributed by atoms with E-state index in [-0.39, 0.29) is 12.6 Å². The second kappa shape index (κ2) is 7.40. The van der Waals surface area contributed by atoms with Crippen molar-refractivity contribution in [2.24, 2.45) is 0 Å². The average molecular weight is 338 g/mol. The van der Waals surface area contributed by atoms with Gasteiger partial charge in [0.25, 0.3) is 0 Å². The molecule has 5 nitrogen and oxygen atoms in total. The van der Waals surface area contributed by atoms with Crippen LogP contribution in [0.15, 0.2) is 61.2 Å². The number of rotatable bonds is 6. The van der Waals surface area contributed by atoms with Gasteiger partial charge in [-0.2, -0.15) is 0 Å². The van der Waals surface area contributed by atoms with Crippen LogP contribution in [0, 0.1) is 0 Å². The predicted molar refractivity (Wildman–Crippen MR) is 97.8 cm³/mol. The smallest absolute Gasteiger partial charge is 0.320 e. The number of urea groups is 1. The molecule has 0 saturated heterocycles. The summed E-state index contributed by atoms with van der Waals surface area (Å²) >= 11 is 0. The van der Waals surface area contributed by atoms with Crippen LogP contribution in [0.25, 0.3) is 0 Å². The molecule has 2 amide bonds. The van der Waals surface area contributed by atoms with Crippen LogP contribution < -0.4 is 15.4 Å². The predicted octanol–water partition coefficient (Wildman–Crippen LogP) is 3.21. The number of ether oxygens (including phenoxy) is 1. The van der Waals surface area contributed by atoms with Gasteiger partial charge in [-0.05, 0) is 36.1 Å². The highest BCUT2D eigenvalue weighted by atomic mass is 16.5. The highest BCUT2D eigenvalue weighted by Crippen LogP contribution is 2.36. The number of fused-ring (bicyclic) bond motifs is 1. The van der Waals surface area contributed by atoms with E-state index in [0.717, 1.165) is 17.5 Å². The molecular formula is C20H22N2O3. The zero-order valence-corrected chi connectivity index (χ0v) is 14.0. The van der Waals surface area contributed by atoms with Gasteiger partial charge in [-0.1, -0.05) is 43.0 Å². The lowest BCUT2D eigenvalue weighted by molar-refractivity contribution is 0.164. The van der Waals surface area contributed by atoms with Crippen molar-refractivity contribution in [3.63, 3.8) is 0 Å². The molecule has 0 spiro atoms. The molecule has 0 radical (unpaired) electrons. The first-order valence-electron chi connectivity index (χ1n) is 8.29. The van der Waals surface area contributed by atoms with Crippen molar-refractivity contribution in [2.75, 3.05) is 18.5 Å². The van der Waals surface area contributed by atoms with Crippen LogP contribution in [0.2, 0.25) is 0 Å². The lowest BCUT2D eigenvalue weighted by atomic mass is 9.93. The Balaban J connectivity index is 1.71. The van der Waals surface area contributed by atoms with Gasteiger partial charge < -0.3 is 20.5 Å². The van der Waals surface area contributed by atoms with Crippen molar-refractivity contribution in [2.45, 2.75) is 18.4 Å². The standard InChI is InChI=1S/C20H22N2O3/c1-2-12-25-17-8-5-7-16(13-17)21-19(24)22-20(14-23)11-10-15-6-3-4-9-18(15)20/h2-9,13,23H,1,10-12,14H2,(H2,21,22,24). The van der Waals surface area contributed by atoms with E-state index in [4.69, 9.17) is 4.74 Å². The van der Waals surface area contributed by atoms with Gasteiger partial charge in [0.1, 0.15) is 12.4 Å². The Bertz CT molecular complexity index is 775.